The molecule has 0 bridgehead atoms. The number of benzene rings is 1. The molecule has 0 spiro atoms. The third-order valence-corrected chi connectivity index (χ3v) is 7.04. The zero-order valence-corrected chi connectivity index (χ0v) is 19.6. The second-order valence-electron chi connectivity index (χ2n) is 7.55. The minimum absolute atomic E-state index is 0.0446. The number of halogens is 2. The van der Waals surface area contributed by atoms with E-state index < -0.39 is 34.1 Å². The van der Waals surface area contributed by atoms with Crippen LogP contribution in [0.3, 0.4) is 0 Å². The van der Waals surface area contributed by atoms with E-state index in [0.29, 0.717) is 11.5 Å². The second-order valence-corrected chi connectivity index (χ2v) is 9.67. The van der Waals surface area contributed by atoms with E-state index >= 15 is 0 Å². The van der Waals surface area contributed by atoms with Crippen LogP contribution in [0.4, 0.5) is 16.2 Å². The summed E-state index contributed by atoms with van der Waals surface area (Å²) in [7, 11) is -2.28. The number of nitrogens with one attached hydrogen (secondary N) is 3. The van der Waals surface area contributed by atoms with Crippen LogP contribution in [-0.4, -0.2) is 69.2 Å². The van der Waals surface area contributed by atoms with Crippen LogP contribution in [0.25, 0.3) is 0 Å². The highest BCUT2D eigenvalue weighted by atomic mass is 35.5. The molecular formula is C20H23ClFN7O4S. The summed E-state index contributed by atoms with van der Waals surface area (Å²) in [6.45, 7) is 0.350. The molecule has 4 rings (SSSR count). The van der Waals surface area contributed by atoms with E-state index in [1.54, 1.807) is 7.05 Å². The summed E-state index contributed by atoms with van der Waals surface area (Å²) in [5.74, 6) is 0.0696. The highest BCUT2D eigenvalue weighted by Crippen LogP contribution is 2.31. The molecule has 0 radical (unpaired) electrons. The summed E-state index contributed by atoms with van der Waals surface area (Å²) in [6.07, 6.45) is 3.29. The molecular weight excluding hydrogens is 489 g/mol. The van der Waals surface area contributed by atoms with Gasteiger partial charge in [0.15, 0.2) is 5.82 Å². The second kappa shape index (κ2) is 10.2. The van der Waals surface area contributed by atoms with Crippen LogP contribution in [0.5, 0.6) is 0 Å². The molecule has 4 atom stereocenters. The fraction of sp³-hybridized carbons (Fsp3) is 0.350. The van der Waals surface area contributed by atoms with Gasteiger partial charge in [-0.2, -0.15) is 4.98 Å². The number of ether oxygens (including phenoxy) is 2. The molecule has 0 saturated carbocycles. The molecule has 2 saturated heterocycles. The molecule has 2 aliphatic rings. The average molecular weight is 512 g/mol. The zero-order valence-electron chi connectivity index (χ0n) is 18.0. The van der Waals surface area contributed by atoms with Crippen LogP contribution in [0.1, 0.15) is 0 Å². The van der Waals surface area contributed by atoms with E-state index in [1.165, 1.54) is 30.7 Å². The maximum Gasteiger partial charge on any atom is 0.240 e. The number of nitrogens with two attached hydrogens (primary N) is 1. The van der Waals surface area contributed by atoms with Gasteiger partial charge in [0.1, 0.15) is 23.0 Å². The number of hydrogen-bond donors (Lipinski definition) is 4. The Morgan fingerprint density at radius 3 is 2.59 bits per heavy atom. The molecule has 11 nitrogen and oxygen atoms in total. The fourth-order valence-corrected chi connectivity index (χ4v) is 5.07. The molecule has 34 heavy (non-hydrogen) atoms. The Kier molecular flexibility index (Phi) is 7.28. The van der Waals surface area contributed by atoms with Gasteiger partial charge in [-0.15, -0.1) is 0 Å². The lowest BCUT2D eigenvalue weighted by Crippen LogP contribution is -2.44. The topological polar surface area (TPSA) is 153 Å². The van der Waals surface area contributed by atoms with E-state index in [-0.39, 0.29) is 35.1 Å². The minimum atomic E-state index is -3.88. The van der Waals surface area contributed by atoms with Gasteiger partial charge in [-0.05, 0) is 24.3 Å². The summed E-state index contributed by atoms with van der Waals surface area (Å²) in [5, 5.41) is 6.39. The van der Waals surface area contributed by atoms with Crippen molar-refractivity contribution >= 4 is 39.6 Å². The Balaban J connectivity index is 1.43. The Hall–Kier alpha value is -2.84. The van der Waals surface area contributed by atoms with E-state index in [0.717, 1.165) is 12.1 Å². The number of aromatic nitrogens is 2. The lowest BCUT2D eigenvalue weighted by atomic mass is 10.1. The number of rotatable bonds is 8. The molecule has 2 aromatic rings. The van der Waals surface area contributed by atoms with Gasteiger partial charge in [-0.3, -0.25) is 4.99 Å². The number of aliphatic imine (C=N–C) groups is 1. The van der Waals surface area contributed by atoms with Crippen LogP contribution in [0.2, 0.25) is 5.02 Å². The van der Waals surface area contributed by atoms with Gasteiger partial charge in [-0.25, -0.2) is 22.5 Å². The monoisotopic (exact) mass is 511 g/mol. The maximum absolute atomic E-state index is 13.1. The molecule has 0 amide bonds. The molecule has 5 N–H and O–H groups in total. The summed E-state index contributed by atoms with van der Waals surface area (Å²) >= 11 is 6.26. The summed E-state index contributed by atoms with van der Waals surface area (Å²) in [5.41, 5.74) is 6.05. The standard InChI is InChI=1S/C20H23ClFN7O4S/c1-24-7-12(6-23)26-20-25-8-14(21)19(28-20)27-15-9-32-18-16(10-33-17(15)18)29-34(30,31)13-4-2-11(22)3-5-13/h2-8,15-18,29H,9-10,23H2,1H3,(H2,25,26,27,28). The van der Waals surface area contributed by atoms with Gasteiger partial charge in [-0.1, -0.05) is 11.6 Å². The number of anilines is 2. The molecule has 1 aromatic heterocycles. The van der Waals surface area contributed by atoms with Gasteiger partial charge in [0, 0.05) is 19.5 Å². The third kappa shape index (κ3) is 5.28. The predicted molar refractivity (Wildman–Crippen MR) is 125 cm³/mol. The van der Waals surface area contributed by atoms with Crippen LogP contribution in [0, 0.1) is 5.82 Å². The molecule has 1 aromatic carbocycles. The SMILES string of the molecule is CN=CC(=CN)Nc1ncc(Cl)c(NC2COC3C(NS(=O)(=O)c4ccc(F)cc4)COC23)n1. The van der Waals surface area contributed by atoms with Crippen LogP contribution >= 0.6 is 11.6 Å². The van der Waals surface area contributed by atoms with Gasteiger partial charge in [0.05, 0.1) is 42.1 Å². The molecule has 0 aliphatic carbocycles. The maximum atomic E-state index is 13.1. The van der Waals surface area contributed by atoms with Crippen molar-refractivity contribution in [1.29, 1.82) is 0 Å². The smallest absolute Gasteiger partial charge is 0.240 e. The molecule has 2 fully saturated rings. The number of sulfonamides is 1. The first-order valence-corrected chi connectivity index (χ1v) is 12.1. The lowest BCUT2D eigenvalue weighted by Gasteiger charge is -2.19. The van der Waals surface area contributed by atoms with Crippen molar-refractivity contribution in [3.8, 4) is 0 Å². The first-order valence-electron chi connectivity index (χ1n) is 10.2. The van der Waals surface area contributed by atoms with Crippen LogP contribution < -0.4 is 21.1 Å². The fourth-order valence-electron chi connectivity index (χ4n) is 3.69. The van der Waals surface area contributed by atoms with Gasteiger partial charge < -0.3 is 25.8 Å². The first kappa shape index (κ1) is 24.3. The van der Waals surface area contributed by atoms with E-state index in [2.05, 4.69) is 30.3 Å². The van der Waals surface area contributed by atoms with Gasteiger partial charge in [0.25, 0.3) is 0 Å². The van der Waals surface area contributed by atoms with Crippen molar-refractivity contribution in [3.05, 3.63) is 53.2 Å². The number of hydrogen-bond acceptors (Lipinski definition) is 10. The van der Waals surface area contributed by atoms with Crippen molar-refractivity contribution in [2.45, 2.75) is 29.2 Å². The number of nitrogens with zero attached hydrogens (tertiary/aromatic N) is 3. The average Bonchev–Trinajstić information content (AvgIpc) is 3.39. The Labute approximate surface area is 200 Å². The minimum Gasteiger partial charge on any atom is -0.403 e. The third-order valence-electron chi connectivity index (χ3n) is 5.25. The summed E-state index contributed by atoms with van der Waals surface area (Å²) < 4.78 is 52.8. The van der Waals surface area contributed by atoms with Gasteiger partial charge in [0.2, 0.25) is 16.0 Å². The van der Waals surface area contributed by atoms with E-state index in [1.807, 2.05) is 0 Å². The quantitative estimate of drug-likeness (QED) is 0.381. The predicted octanol–water partition coefficient (Wildman–Crippen LogP) is 1.11. The summed E-state index contributed by atoms with van der Waals surface area (Å²) in [4.78, 5) is 12.3. The number of allylic oxidation sites excluding steroid dienone is 1. The first-order chi connectivity index (χ1) is 16.3. The molecule has 2 aliphatic heterocycles. The molecule has 14 heteroatoms. The lowest BCUT2D eigenvalue weighted by molar-refractivity contribution is 0.0690. The summed E-state index contributed by atoms with van der Waals surface area (Å²) in [6, 6.07) is 3.62. The van der Waals surface area contributed by atoms with E-state index in [4.69, 9.17) is 26.8 Å². The largest absolute Gasteiger partial charge is 0.403 e. The zero-order chi connectivity index (χ0) is 24.3. The van der Waals surface area contributed by atoms with Gasteiger partial charge >= 0.3 is 0 Å². The molecule has 182 valence electrons. The Morgan fingerprint density at radius 1 is 1.24 bits per heavy atom. The Bertz CT molecular complexity index is 1200. The van der Waals surface area contributed by atoms with E-state index in [9.17, 15) is 12.8 Å². The van der Waals surface area contributed by atoms with Crippen molar-refractivity contribution in [2.75, 3.05) is 30.9 Å². The van der Waals surface area contributed by atoms with Crippen molar-refractivity contribution in [3.63, 3.8) is 0 Å². The van der Waals surface area contributed by atoms with Crippen molar-refractivity contribution in [2.24, 2.45) is 10.7 Å². The Morgan fingerprint density at radius 2 is 1.91 bits per heavy atom. The highest BCUT2D eigenvalue weighted by molar-refractivity contribution is 7.89. The number of fused-ring (bicyclic) bond motifs is 1. The highest BCUT2D eigenvalue weighted by Gasteiger charge is 2.49. The molecule has 4 unspecified atom stereocenters. The van der Waals surface area contributed by atoms with Crippen LogP contribution in [-0.2, 0) is 19.5 Å². The van der Waals surface area contributed by atoms with Crippen LogP contribution in [0.15, 0.2) is 52.2 Å². The molecule has 3 heterocycles. The normalized spacial score (nSPS) is 25.0. The van der Waals surface area contributed by atoms with Crippen molar-refractivity contribution in [1.82, 2.24) is 14.7 Å². The van der Waals surface area contributed by atoms with Crippen molar-refractivity contribution < 1.29 is 22.3 Å².